The summed E-state index contributed by atoms with van der Waals surface area (Å²) in [5, 5.41) is 12.6. The van der Waals surface area contributed by atoms with Gasteiger partial charge in [-0.2, -0.15) is 5.10 Å². The summed E-state index contributed by atoms with van der Waals surface area (Å²) in [7, 11) is 1.61. The van der Waals surface area contributed by atoms with Crippen molar-refractivity contribution in [2.75, 3.05) is 20.3 Å². The lowest BCUT2D eigenvalue weighted by Crippen LogP contribution is -2.36. The average molecular weight is 405 g/mol. The summed E-state index contributed by atoms with van der Waals surface area (Å²) in [5.41, 5.74) is 1.95. The van der Waals surface area contributed by atoms with E-state index in [2.05, 4.69) is 31.7 Å². The number of urea groups is 1. The normalized spacial score (nSPS) is 10.1. The molecule has 0 fully saturated rings. The van der Waals surface area contributed by atoms with Crippen LogP contribution in [0.4, 0.5) is 4.79 Å². The van der Waals surface area contributed by atoms with E-state index in [4.69, 9.17) is 15.9 Å². The maximum absolute atomic E-state index is 12.0. The monoisotopic (exact) mass is 405 g/mol. The van der Waals surface area contributed by atoms with Crippen molar-refractivity contribution in [2.24, 2.45) is 0 Å². The molecule has 0 aliphatic heterocycles. The number of amides is 2. The molecule has 2 amide bonds. The van der Waals surface area contributed by atoms with Crippen LogP contribution in [-0.4, -0.2) is 41.5 Å². The fraction of sp³-hybridized carbons (Fsp3) is 0.227. The number of benzene rings is 2. The number of methoxy groups -OCH3 is 1. The van der Waals surface area contributed by atoms with E-state index in [0.29, 0.717) is 24.6 Å². The van der Waals surface area contributed by atoms with Gasteiger partial charge < -0.3 is 20.1 Å². The summed E-state index contributed by atoms with van der Waals surface area (Å²) >= 11 is 0. The van der Waals surface area contributed by atoms with Gasteiger partial charge >= 0.3 is 6.03 Å². The van der Waals surface area contributed by atoms with Crippen LogP contribution >= 0.6 is 0 Å². The molecule has 0 spiro atoms. The third-order valence-corrected chi connectivity index (χ3v) is 4.24. The van der Waals surface area contributed by atoms with Crippen molar-refractivity contribution in [1.82, 2.24) is 25.8 Å². The lowest BCUT2D eigenvalue weighted by Gasteiger charge is -2.07. The number of hydrogen-bond acceptors (Lipinski definition) is 5. The molecule has 3 rings (SSSR count). The number of nitrogens with zero attached hydrogens (tertiary/aromatic N) is 2. The number of rotatable bonds is 9. The highest BCUT2D eigenvalue weighted by atomic mass is 16.5. The fourth-order valence-corrected chi connectivity index (χ4v) is 2.67. The van der Waals surface area contributed by atoms with Crippen molar-refractivity contribution in [3.05, 3.63) is 59.9 Å². The first-order chi connectivity index (χ1) is 14.7. The number of aromatic nitrogens is 3. The summed E-state index contributed by atoms with van der Waals surface area (Å²) in [6.45, 7) is 0.994. The van der Waals surface area contributed by atoms with Crippen LogP contribution in [0.2, 0.25) is 0 Å². The van der Waals surface area contributed by atoms with E-state index in [0.717, 1.165) is 22.6 Å². The number of carbonyl (C=O) groups excluding carboxylic acids is 1. The summed E-state index contributed by atoms with van der Waals surface area (Å²) in [5.74, 6) is 5.04. The maximum Gasteiger partial charge on any atom is 0.315 e. The van der Waals surface area contributed by atoms with Gasteiger partial charge in [0, 0.05) is 12.1 Å². The zero-order valence-corrected chi connectivity index (χ0v) is 16.6. The van der Waals surface area contributed by atoms with Gasteiger partial charge in [0.2, 0.25) is 0 Å². The van der Waals surface area contributed by atoms with E-state index in [1.54, 1.807) is 7.11 Å². The number of ether oxygens (including phenoxy) is 2. The molecule has 1 heterocycles. The van der Waals surface area contributed by atoms with Crippen molar-refractivity contribution in [3.63, 3.8) is 0 Å². The first-order valence-corrected chi connectivity index (χ1v) is 9.40. The van der Waals surface area contributed by atoms with Crippen LogP contribution in [-0.2, 0) is 13.0 Å². The Kier molecular flexibility index (Phi) is 7.28. The second kappa shape index (κ2) is 10.5. The van der Waals surface area contributed by atoms with Crippen molar-refractivity contribution in [2.45, 2.75) is 13.0 Å². The van der Waals surface area contributed by atoms with Gasteiger partial charge in [-0.25, -0.2) is 9.78 Å². The Labute approximate surface area is 175 Å². The van der Waals surface area contributed by atoms with Crippen LogP contribution in [0.25, 0.3) is 11.4 Å². The number of H-pyrrole nitrogens is 1. The number of hydrogen-bond donors (Lipinski definition) is 3. The van der Waals surface area contributed by atoms with Crippen LogP contribution in [0.5, 0.6) is 11.5 Å². The molecule has 30 heavy (non-hydrogen) atoms. The minimum absolute atomic E-state index is 0.244. The molecule has 0 atom stereocenters. The second-order valence-corrected chi connectivity index (χ2v) is 6.33. The molecule has 1 aromatic heterocycles. The summed E-state index contributed by atoms with van der Waals surface area (Å²) in [4.78, 5) is 16.4. The van der Waals surface area contributed by atoms with Crippen molar-refractivity contribution < 1.29 is 14.3 Å². The Bertz CT molecular complexity index is 991. The quantitative estimate of drug-likeness (QED) is 0.475. The van der Waals surface area contributed by atoms with Gasteiger partial charge in [0.15, 0.2) is 5.82 Å². The average Bonchev–Trinajstić information content (AvgIpc) is 3.26. The zero-order chi connectivity index (χ0) is 21.2. The van der Waals surface area contributed by atoms with E-state index in [1.165, 1.54) is 0 Å². The predicted octanol–water partition coefficient (Wildman–Crippen LogP) is 2.53. The van der Waals surface area contributed by atoms with Gasteiger partial charge in [-0.05, 0) is 48.4 Å². The van der Waals surface area contributed by atoms with Crippen LogP contribution in [0.15, 0.2) is 48.5 Å². The van der Waals surface area contributed by atoms with Crippen molar-refractivity contribution in [3.8, 4) is 35.2 Å². The fourth-order valence-electron chi connectivity index (χ4n) is 2.67. The van der Waals surface area contributed by atoms with Gasteiger partial charge in [0.25, 0.3) is 0 Å². The molecule has 0 bridgehead atoms. The Balaban J connectivity index is 1.39. The molecular formula is C22H23N5O3. The minimum Gasteiger partial charge on any atom is -0.497 e. The Hall–Kier alpha value is -3.99. The molecule has 0 aliphatic carbocycles. The summed E-state index contributed by atoms with van der Waals surface area (Å²) in [6, 6.07) is 14.8. The second-order valence-electron chi connectivity index (χ2n) is 6.33. The van der Waals surface area contributed by atoms with Crippen LogP contribution in [0.1, 0.15) is 11.4 Å². The van der Waals surface area contributed by atoms with Gasteiger partial charge in [-0.3, -0.25) is 5.10 Å². The molecular weight excluding hydrogens is 382 g/mol. The van der Waals surface area contributed by atoms with Crippen LogP contribution in [0, 0.1) is 12.3 Å². The van der Waals surface area contributed by atoms with Crippen LogP contribution < -0.4 is 20.1 Å². The van der Waals surface area contributed by atoms with E-state index in [-0.39, 0.29) is 19.2 Å². The van der Waals surface area contributed by atoms with Gasteiger partial charge in [0.1, 0.15) is 23.9 Å². The van der Waals surface area contributed by atoms with Gasteiger partial charge in [-0.1, -0.05) is 18.1 Å². The van der Waals surface area contributed by atoms with E-state index in [9.17, 15) is 4.79 Å². The van der Waals surface area contributed by atoms with Crippen LogP contribution in [0.3, 0.4) is 0 Å². The van der Waals surface area contributed by atoms with Gasteiger partial charge in [-0.15, -0.1) is 6.42 Å². The molecule has 2 aromatic carbocycles. The third-order valence-electron chi connectivity index (χ3n) is 4.24. The Morgan fingerprint density at radius 2 is 1.83 bits per heavy atom. The highest BCUT2D eigenvalue weighted by Crippen LogP contribution is 2.18. The van der Waals surface area contributed by atoms with Gasteiger partial charge in [0.05, 0.1) is 13.7 Å². The predicted molar refractivity (Wildman–Crippen MR) is 113 cm³/mol. The molecule has 0 saturated heterocycles. The standard InChI is InChI=1S/C22H23N5O3/c1-3-14-30-19-8-4-16(5-9-19)12-13-23-22(28)24-15-20-25-21(27-26-20)17-6-10-18(29-2)11-7-17/h1,4-11H,12-15H2,2H3,(H2,23,24,28)(H,25,26,27). The molecule has 8 heteroatoms. The van der Waals surface area contributed by atoms with E-state index in [1.807, 2.05) is 48.5 Å². The first kappa shape index (κ1) is 20.7. The topological polar surface area (TPSA) is 101 Å². The van der Waals surface area contributed by atoms with Crippen molar-refractivity contribution in [1.29, 1.82) is 0 Å². The molecule has 0 saturated carbocycles. The van der Waals surface area contributed by atoms with Crippen molar-refractivity contribution >= 4 is 6.03 Å². The number of terminal acetylenes is 1. The molecule has 3 N–H and O–H groups in total. The minimum atomic E-state index is -0.272. The molecule has 154 valence electrons. The molecule has 3 aromatic rings. The molecule has 8 nitrogen and oxygen atoms in total. The lowest BCUT2D eigenvalue weighted by molar-refractivity contribution is 0.240. The first-order valence-electron chi connectivity index (χ1n) is 9.40. The largest absolute Gasteiger partial charge is 0.497 e. The smallest absolute Gasteiger partial charge is 0.315 e. The zero-order valence-electron chi connectivity index (χ0n) is 16.6. The molecule has 0 unspecified atom stereocenters. The highest BCUT2D eigenvalue weighted by molar-refractivity contribution is 5.73. The number of aromatic amines is 1. The third kappa shape index (κ3) is 6.01. The maximum atomic E-state index is 12.0. The number of nitrogens with one attached hydrogen (secondary N) is 3. The lowest BCUT2D eigenvalue weighted by atomic mass is 10.1. The highest BCUT2D eigenvalue weighted by Gasteiger charge is 2.07. The summed E-state index contributed by atoms with van der Waals surface area (Å²) in [6.07, 6.45) is 5.87. The SMILES string of the molecule is C#CCOc1ccc(CCNC(=O)NCc2nc(-c3ccc(OC)cc3)n[nH]2)cc1. The van der Waals surface area contributed by atoms with E-state index >= 15 is 0 Å². The summed E-state index contributed by atoms with van der Waals surface area (Å²) < 4.78 is 10.5. The molecule has 0 aliphatic rings. The number of carbonyl (C=O) groups is 1. The Morgan fingerprint density at radius 3 is 2.53 bits per heavy atom. The molecule has 0 radical (unpaired) electrons. The Morgan fingerprint density at radius 1 is 1.10 bits per heavy atom. The van der Waals surface area contributed by atoms with E-state index < -0.39 is 0 Å².